The summed E-state index contributed by atoms with van der Waals surface area (Å²) in [5, 5.41) is 0. The highest BCUT2D eigenvalue weighted by Crippen LogP contribution is 2.34. The number of hydrogen-bond acceptors (Lipinski definition) is 0. The Morgan fingerprint density at radius 3 is 2.44 bits per heavy atom. The molecule has 1 saturated carbocycles. The fourth-order valence-electron chi connectivity index (χ4n) is 2.42. The van der Waals surface area contributed by atoms with Crippen LogP contribution >= 0.6 is 0 Å². The van der Waals surface area contributed by atoms with E-state index >= 15 is 0 Å². The number of alkyl halides is 2. The van der Waals surface area contributed by atoms with E-state index in [0.29, 0.717) is 6.42 Å². The second-order valence-electron chi connectivity index (χ2n) is 5.18. The molecule has 2 heteroatoms. The van der Waals surface area contributed by atoms with E-state index in [4.69, 9.17) is 0 Å². The van der Waals surface area contributed by atoms with E-state index in [9.17, 15) is 8.78 Å². The molecular formula is C14H22F2. The van der Waals surface area contributed by atoms with Gasteiger partial charge in [-0.15, -0.1) is 0 Å². The molecule has 0 amide bonds. The van der Waals surface area contributed by atoms with Crippen molar-refractivity contribution in [1.29, 1.82) is 0 Å². The second kappa shape index (κ2) is 5.60. The Balaban J connectivity index is 2.73. The van der Waals surface area contributed by atoms with Crippen molar-refractivity contribution in [1.82, 2.24) is 0 Å². The highest BCUT2D eigenvalue weighted by atomic mass is 19.2. The molecule has 1 aliphatic carbocycles. The molecular weight excluding hydrogens is 206 g/mol. The first kappa shape index (κ1) is 13.4. The van der Waals surface area contributed by atoms with Crippen LogP contribution in [-0.2, 0) is 0 Å². The first-order valence-electron chi connectivity index (χ1n) is 6.03. The molecule has 92 valence electrons. The van der Waals surface area contributed by atoms with Crippen molar-refractivity contribution in [3.8, 4) is 0 Å². The van der Waals surface area contributed by atoms with Gasteiger partial charge in [-0.2, -0.15) is 0 Å². The minimum atomic E-state index is -1.31. The minimum absolute atomic E-state index is 0.155. The molecule has 0 aromatic heterocycles. The third-order valence-corrected chi connectivity index (χ3v) is 3.49. The Labute approximate surface area is 97.4 Å². The van der Waals surface area contributed by atoms with Crippen LogP contribution in [0, 0.1) is 11.8 Å². The van der Waals surface area contributed by atoms with Gasteiger partial charge in [0.05, 0.1) is 0 Å². The summed E-state index contributed by atoms with van der Waals surface area (Å²) in [6, 6.07) is 0. The van der Waals surface area contributed by atoms with Crippen LogP contribution in [0.25, 0.3) is 0 Å². The lowest BCUT2D eigenvalue weighted by Crippen LogP contribution is -2.23. The highest BCUT2D eigenvalue weighted by molar-refractivity contribution is 5.19. The maximum atomic E-state index is 13.6. The van der Waals surface area contributed by atoms with Crippen molar-refractivity contribution in [2.75, 3.05) is 0 Å². The van der Waals surface area contributed by atoms with E-state index < -0.39 is 12.3 Å². The summed E-state index contributed by atoms with van der Waals surface area (Å²) in [4.78, 5) is 0. The molecule has 0 saturated heterocycles. The molecule has 0 aromatic rings. The molecule has 0 aromatic carbocycles. The minimum Gasteiger partial charge on any atom is -0.244 e. The van der Waals surface area contributed by atoms with Gasteiger partial charge >= 0.3 is 0 Å². The zero-order valence-corrected chi connectivity index (χ0v) is 10.5. The molecule has 1 fully saturated rings. The maximum Gasteiger partial charge on any atom is 0.134 e. The molecule has 4 atom stereocenters. The number of allylic oxidation sites excluding steroid dienone is 3. The molecule has 0 heterocycles. The van der Waals surface area contributed by atoms with Crippen LogP contribution in [0.2, 0.25) is 0 Å². The van der Waals surface area contributed by atoms with Gasteiger partial charge in [-0.25, -0.2) is 8.78 Å². The van der Waals surface area contributed by atoms with E-state index in [-0.39, 0.29) is 11.8 Å². The zero-order chi connectivity index (χ0) is 12.3. The molecule has 3 unspecified atom stereocenters. The smallest absolute Gasteiger partial charge is 0.134 e. The maximum absolute atomic E-state index is 13.6. The lowest BCUT2D eigenvalue weighted by Gasteiger charge is -2.17. The van der Waals surface area contributed by atoms with Crippen molar-refractivity contribution in [2.45, 2.75) is 52.4 Å². The Hall–Kier alpha value is -0.660. The normalized spacial score (nSPS) is 36.9. The van der Waals surface area contributed by atoms with Crippen LogP contribution < -0.4 is 0 Å². The van der Waals surface area contributed by atoms with Gasteiger partial charge in [0, 0.05) is 0 Å². The summed E-state index contributed by atoms with van der Waals surface area (Å²) in [7, 11) is 0. The van der Waals surface area contributed by atoms with Crippen LogP contribution in [0.15, 0.2) is 23.8 Å². The Bertz CT molecular complexity index is 280. The molecule has 0 nitrogen and oxygen atoms in total. The van der Waals surface area contributed by atoms with Gasteiger partial charge in [0.15, 0.2) is 0 Å². The number of hydrogen-bond donors (Lipinski definition) is 0. The summed E-state index contributed by atoms with van der Waals surface area (Å²) in [5.74, 6) is 0.0209. The molecule has 0 radical (unpaired) electrons. The topological polar surface area (TPSA) is 0 Å². The van der Waals surface area contributed by atoms with E-state index in [1.54, 1.807) is 6.92 Å². The Morgan fingerprint density at radius 1 is 1.25 bits per heavy atom. The number of rotatable bonds is 2. The van der Waals surface area contributed by atoms with Gasteiger partial charge < -0.3 is 0 Å². The quantitative estimate of drug-likeness (QED) is 0.478. The third kappa shape index (κ3) is 3.43. The molecule has 0 N–H and O–H groups in total. The van der Waals surface area contributed by atoms with Crippen molar-refractivity contribution in [3.63, 3.8) is 0 Å². The van der Waals surface area contributed by atoms with Gasteiger partial charge in [-0.3, -0.25) is 0 Å². The van der Waals surface area contributed by atoms with Crippen molar-refractivity contribution < 1.29 is 8.78 Å². The van der Waals surface area contributed by atoms with E-state index in [0.717, 1.165) is 24.0 Å². The fourth-order valence-corrected chi connectivity index (χ4v) is 2.42. The molecule has 0 bridgehead atoms. The van der Waals surface area contributed by atoms with Crippen LogP contribution in [0.5, 0.6) is 0 Å². The van der Waals surface area contributed by atoms with Crippen LogP contribution in [0.4, 0.5) is 8.78 Å². The van der Waals surface area contributed by atoms with Gasteiger partial charge in [-0.1, -0.05) is 30.7 Å². The summed E-state index contributed by atoms with van der Waals surface area (Å²) in [6.45, 7) is 9.54. The second-order valence-corrected chi connectivity index (χ2v) is 5.18. The first-order valence-corrected chi connectivity index (χ1v) is 6.03. The van der Waals surface area contributed by atoms with Crippen molar-refractivity contribution in [3.05, 3.63) is 23.8 Å². The van der Waals surface area contributed by atoms with Crippen LogP contribution in [-0.4, -0.2) is 12.3 Å². The van der Waals surface area contributed by atoms with Gasteiger partial charge in [-0.05, 0) is 44.9 Å². The largest absolute Gasteiger partial charge is 0.244 e. The summed E-state index contributed by atoms with van der Waals surface area (Å²) < 4.78 is 27.1. The van der Waals surface area contributed by atoms with Gasteiger partial charge in [0.1, 0.15) is 12.3 Å². The highest BCUT2D eigenvalue weighted by Gasteiger charge is 2.33. The van der Waals surface area contributed by atoms with Gasteiger partial charge in [0.2, 0.25) is 0 Å². The lowest BCUT2D eigenvalue weighted by atomic mass is 9.91. The lowest BCUT2D eigenvalue weighted by molar-refractivity contribution is 0.117. The fraction of sp³-hybridized carbons (Fsp3) is 0.714. The molecule has 1 aliphatic rings. The summed E-state index contributed by atoms with van der Waals surface area (Å²) in [5.41, 5.74) is 2.11. The third-order valence-electron chi connectivity index (χ3n) is 3.49. The molecule has 16 heavy (non-hydrogen) atoms. The standard InChI is InChI=1S/C14H22F2/c1-9(2)7-11(4)12-6-5-10(3)14(16)13(15)8-12/h7,10,12-14H,1,5-6,8H2,2-4H3/b11-7+/t10-,12?,13?,14?/m0/s1. The van der Waals surface area contributed by atoms with Crippen LogP contribution in [0.3, 0.4) is 0 Å². The molecule has 0 aliphatic heterocycles. The predicted molar refractivity (Wildman–Crippen MR) is 64.9 cm³/mol. The Kier molecular flexibility index (Phi) is 4.69. The summed E-state index contributed by atoms with van der Waals surface area (Å²) in [6.07, 6.45) is 1.37. The van der Waals surface area contributed by atoms with Crippen LogP contribution in [0.1, 0.15) is 40.0 Å². The summed E-state index contributed by atoms with van der Waals surface area (Å²) >= 11 is 0. The predicted octanol–water partition coefficient (Wildman–Crippen LogP) is 4.62. The average molecular weight is 228 g/mol. The number of halogens is 2. The zero-order valence-electron chi connectivity index (χ0n) is 10.5. The van der Waals surface area contributed by atoms with Crippen molar-refractivity contribution in [2.24, 2.45) is 11.8 Å². The van der Waals surface area contributed by atoms with Gasteiger partial charge in [0.25, 0.3) is 0 Å². The monoisotopic (exact) mass is 228 g/mol. The average Bonchev–Trinajstić information content (AvgIpc) is 2.31. The van der Waals surface area contributed by atoms with Crippen molar-refractivity contribution >= 4 is 0 Å². The molecule has 1 rings (SSSR count). The Morgan fingerprint density at radius 2 is 1.88 bits per heavy atom. The first-order chi connectivity index (χ1) is 7.41. The van der Waals surface area contributed by atoms with E-state index in [1.807, 2.05) is 19.9 Å². The van der Waals surface area contributed by atoms with E-state index in [1.165, 1.54) is 0 Å². The van der Waals surface area contributed by atoms with E-state index in [2.05, 4.69) is 6.58 Å². The molecule has 0 spiro atoms. The SMILES string of the molecule is C=C(C)/C=C(\C)C1CC[C@H](C)C(F)C(F)C1.